The van der Waals surface area contributed by atoms with Gasteiger partial charge in [-0.25, -0.2) is 5.26 Å². The van der Waals surface area contributed by atoms with Gasteiger partial charge in [-0.3, -0.25) is 14.8 Å². The summed E-state index contributed by atoms with van der Waals surface area (Å²) in [7, 11) is 0. The molecule has 0 spiro atoms. The predicted octanol–water partition coefficient (Wildman–Crippen LogP) is 3.34. The third-order valence-corrected chi connectivity index (χ3v) is 3.41. The number of hydrogen-bond acceptors (Lipinski definition) is 7. The fourth-order valence-electron chi connectivity index (χ4n) is 1.70. The molecule has 0 saturated heterocycles. The van der Waals surface area contributed by atoms with Gasteiger partial charge in [-0.15, -0.1) is 4.33 Å². The number of aromatic amines is 2. The normalized spacial score (nSPS) is 10.7. The molecule has 2 rings (SSSR count). The molecule has 0 atom stereocenters. The van der Waals surface area contributed by atoms with Crippen LogP contribution in [-0.4, -0.2) is 25.9 Å². The zero-order chi connectivity index (χ0) is 14.5. The SMILES string of the molecule is Cc1cc(NCSOOO)cc(-n2c(=S)[nH][nH]c2=S)c1. The first-order valence-electron chi connectivity index (χ1n) is 5.47. The van der Waals surface area contributed by atoms with Crippen LogP contribution in [0.5, 0.6) is 0 Å². The smallest absolute Gasteiger partial charge is 0.198 e. The molecular weight excluding hydrogens is 320 g/mol. The van der Waals surface area contributed by atoms with E-state index in [0.29, 0.717) is 15.4 Å². The van der Waals surface area contributed by atoms with Crippen molar-refractivity contribution in [3.8, 4) is 5.69 Å². The minimum Gasteiger partial charge on any atom is -0.374 e. The summed E-state index contributed by atoms with van der Waals surface area (Å²) in [6.07, 6.45) is 0. The first-order chi connectivity index (χ1) is 9.61. The van der Waals surface area contributed by atoms with Crippen molar-refractivity contribution in [3.05, 3.63) is 33.3 Å². The van der Waals surface area contributed by atoms with E-state index in [4.69, 9.17) is 29.7 Å². The summed E-state index contributed by atoms with van der Waals surface area (Å²) in [5.41, 5.74) is 2.77. The van der Waals surface area contributed by atoms with Gasteiger partial charge in [-0.1, -0.05) is 5.04 Å². The first-order valence-corrected chi connectivity index (χ1v) is 7.20. The highest BCUT2D eigenvalue weighted by molar-refractivity contribution is 7.94. The second-order valence-electron chi connectivity index (χ2n) is 3.83. The van der Waals surface area contributed by atoms with Crippen molar-refractivity contribution in [1.29, 1.82) is 0 Å². The van der Waals surface area contributed by atoms with Crippen LogP contribution in [0.2, 0.25) is 0 Å². The highest BCUT2D eigenvalue weighted by Gasteiger charge is 2.04. The largest absolute Gasteiger partial charge is 0.374 e. The monoisotopic (exact) mass is 332 g/mol. The third kappa shape index (κ3) is 3.69. The molecule has 1 heterocycles. The third-order valence-electron chi connectivity index (χ3n) is 2.42. The van der Waals surface area contributed by atoms with Crippen LogP contribution >= 0.6 is 36.5 Å². The highest BCUT2D eigenvalue weighted by atomic mass is 32.2. The lowest BCUT2D eigenvalue weighted by Crippen LogP contribution is -2.01. The van der Waals surface area contributed by atoms with Gasteiger partial charge in [0, 0.05) is 5.69 Å². The molecular formula is C10H12N4O3S3. The number of anilines is 1. The van der Waals surface area contributed by atoms with Crippen molar-refractivity contribution in [2.24, 2.45) is 0 Å². The van der Waals surface area contributed by atoms with Crippen molar-refractivity contribution in [2.75, 3.05) is 11.2 Å². The fraction of sp³-hybridized carbons (Fsp3) is 0.200. The molecule has 2 aromatic rings. The molecule has 20 heavy (non-hydrogen) atoms. The Kier molecular flexibility index (Phi) is 5.34. The predicted molar refractivity (Wildman–Crippen MR) is 81.8 cm³/mol. The lowest BCUT2D eigenvalue weighted by Gasteiger charge is -2.09. The van der Waals surface area contributed by atoms with Gasteiger partial charge in [0.15, 0.2) is 9.54 Å². The van der Waals surface area contributed by atoms with E-state index in [-0.39, 0.29) is 0 Å². The van der Waals surface area contributed by atoms with E-state index >= 15 is 0 Å². The van der Waals surface area contributed by atoms with Gasteiger partial charge in [0.1, 0.15) is 0 Å². The summed E-state index contributed by atoms with van der Waals surface area (Å²) in [6, 6.07) is 5.84. The van der Waals surface area contributed by atoms with Gasteiger partial charge >= 0.3 is 0 Å². The molecule has 0 radical (unpaired) electrons. The molecule has 1 aromatic heterocycles. The minimum atomic E-state index is 0.398. The number of aryl methyl sites for hydroxylation is 1. The number of nitrogens with one attached hydrogen (secondary N) is 3. The average molecular weight is 332 g/mol. The van der Waals surface area contributed by atoms with Crippen LogP contribution in [0.15, 0.2) is 18.2 Å². The maximum absolute atomic E-state index is 8.03. The number of rotatable bonds is 6. The molecule has 0 unspecified atom stereocenters. The maximum Gasteiger partial charge on any atom is 0.198 e. The van der Waals surface area contributed by atoms with Crippen LogP contribution in [0.25, 0.3) is 5.69 Å². The van der Waals surface area contributed by atoms with E-state index in [2.05, 4.69) is 24.9 Å². The summed E-state index contributed by atoms with van der Waals surface area (Å²) >= 11 is 11.3. The molecule has 4 N–H and O–H groups in total. The Bertz CT molecular complexity index is 666. The Morgan fingerprint density at radius 1 is 1.30 bits per heavy atom. The Morgan fingerprint density at radius 3 is 2.65 bits per heavy atom. The number of benzene rings is 1. The zero-order valence-corrected chi connectivity index (χ0v) is 12.8. The molecule has 7 nitrogen and oxygen atoms in total. The lowest BCUT2D eigenvalue weighted by atomic mass is 10.2. The molecule has 0 aliphatic carbocycles. The molecule has 108 valence electrons. The second-order valence-corrected chi connectivity index (χ2v) is 5.27. The van der Waals surface area contributed by atoms with E-state index < -0.39 is 0 Å². The first kappa shape index (κ1) is 15.2. The Balaban J connectivity index is 2.25. The molecule has 0 fully saturated rings. The van der Waals surface area contributed by atoms with E-state index in [1.165, 1.54) is 0 Å². The topological polar surface area (TPSA) is 87.2 Å². The van der Waals surface area contributed by atoms with E-state index in [1.54, 1.807) is 4.57 Å². The summed E-state index contributed by atoms with van der Waals surface area (Å²) in [6.45, 7) is 1.97. The lowest BCUT2D eigenvalue weighted by molar-refractivity contribution is -0.432. The summed E-state index contributed by atoms with van der Waals surface area (Å²) in [5, 5.41) is 20.2. The summed E-state index contributed by atoms with van der Waals surface area (Å²) in [4.78, 5) is 0. The average Bonchev–Trinajstić information content (AvgIpc) is 2.74. The Hall–Kier alpha value is -1.17. The van der Waals surface area contributed by atoms with Crippen molar-refractivity contribution in [2.45, 2.75) is 6.92 Å². The maximum atomic E-state index is 8.03. The molecule has 0 bridgehead atoms. The molecule has 0 aliphatic heterocycles. The molecule has 0 amide bonds. The van der Waals surface area contributed by atoms with Crippen molar-refractivity contribution in [3.63, 3.8) is 0 Å². The van der Waals surface area contributed by atoms with Crippen LogP contribution in [0.3, 0.4) is 0 Å². The van der Waals surface area contributed by atoms with Crippen LogP contribution in [-0.2, 0) is 9.37 Å². The number of H-pyrrole nitrogens is 2. The second kappa shape index (κ2) is 7.02. The minimum absolute atomic E-state index is 0.398. The quantitative estimate of drug-likeness (QED) is 0.161. The Labute approximate surface area is 129 Å². The van der Waals surface area contributed by atoms with Crippen molar-refractivity contribution < 1.29 is 14.6 Å². The van der Waals surface area contributed by atoms with Gasteiger partial charge in [-0.05, 0) is 55.1 Å². The van der Waals surface area contributed by atoms with Gasteiger partial charge in [0.05, 0.1) is 23.6 Å². The Morgan fingerprint density at radius 2 is 2.00 bits per heavy atom. The van der Waals surface area contributed by atoms with Crippen LogP contribution in [0.4, 0.5) is 5.69 Å². The summed E-state index contributed by atoms with van der Waals surface area (Å²) < 4.78 is 7.01. The fourth-order valence-corrected chi connectivity index (χ4v) is 2.57. The van der Waals surface area contributed by atoms with E-state index in [9.17, 15) is 0 Å². The van der Waals surface area contributed by atoms with Crippen LogP contribution in [0, 0.1) is 16.5 Å². The van der Waals surface area contributed by atoms with Gasteiger partial charge in [-0.2, -0.15) is 0 Å². The highest BCUT2D eigenvalue weighted by Crippen LogP contribution is 2.19. The molecule has 1 aromatic carbocycles. The van der Waals surface area contributed by atoms with Crippen LogP contribution < -0.4 is 5.32 Å². The number of hydrogen-bond donors (Lipinski definition) is 4. The van der Waals surface area contributed by atoms with Crippen LogP contribution in [0.1, 0.15) is 5.56 Å². The van der Waals surface area contributed by atoms with E-state index in [0.717, 1.165) is 29.0 Å². The molecule has 10 heteroatoms. The van der Waals surface area contributed by atoms with Crippen molar-refractivity contribution >= 4 is 42.2 Å². The summed E-state index contributed by atoms with van der Waals surface area (Å²) in [5.74, 6) is 0.398. The van der Waals surface area contributed by atoms with Gasteiger partial charge in [0.25, 0.3) is 0 Å². The number of nitrogens with zero attached hydrogens (tertiary/aromatic N) is 1. The molecule has 0 saturated carbocycles. The van der Waals surface area contributed by atoms with Gasteiger partial charge < -0.3 is 5.32 Å². The standard InChI is InChI=1S/C10H12N4O3S3/c1-6-2-7(11-5-20-17-16-15)4-8(3-6)14-9(18)12-13-10(14)19/h2-4,11,15H,5H2,1H3,(H,12,18)(H,13,19). The number of aromatic nitrogens is 3. The van der Waals surface area contributed by atoms with E-state index in [1.807, 2.05) is 25.1 Å². The zero-order valence-electron chi connectivity index (χ0n) is 10.4. The van der Waals surface area contributed by atoms with Gasteiger partial charge in [0.2, 0.25) is 0 Å². The van der Waals surface area contributed by atoms with Crippen molar-refractivity contribution in [1.82, 2.24) is 14.8 Å². The molecule has 0 aliphatic rings.